The van der Waals surface area contributed by atoms with Crippen molar-refractivity contribution < 1.29 is 14.0 Å². The van der Waals surface area contributed by atoms with E-state index in [2.05, 4.69) is 15.8 Å². The molecule has 0 aliphatic carbocycles. The van der Waals surface area contributed by atoms with Gasteiger partial charge in [-0.25, -0.2) is 9.82 Å². The second kappa shape index (κ2) is 7.51. The van der Waals surface area contributed by atoms with E-state index in [4.69, 9.17) is 11.6 Å². The lowest BCUT2D eigenvalue weighted by atomic mass is 10.1. The van der Waals surface area contributed by atoms with Crippen LogP contribution in [0.15, 0.2) is 53.6 Å². The highest BCUT2D eigenvalue weighted by Gasteiger charge is 2.13. The summed E-state index contributed by atoms with van der Waals surface area (Å²) >= 11 is 5.79. The zero-order chi connectivity index (χ0) is 16.8. The van der Waals surface area contributed by atoms with Gasteiger partial charge in [-0.1, -0.05) is 29.8 Å². The first-order chi connectivity index (χ1) is 11.0. The third-order valence-corrected chi connectivity index (χ3v) is 3.11. The van der Waals surface area contributed by atoms with Gasteiger partial charge < -0.3 is 5.32 Å². The molecule has 0 unspecified atom stereocenters. The average Bonchev–Trinajstić information content (AvgIpc) is 2.53. The standard InChI is InChI=1S/C16H13ClFN3O2/c1-10(11-5-7-13(18)8-6-11)20-21-16(23)15(22)19-14-4-2-3-12(17)9-14/h2-9H,1H3,(H,19,22)(H,21,23)/b20-10+. The van der Waals surface area contributed by atoms with Crippen molar-refractivity contribution in [1.82, 2.24) is 5.43 Å². The van der Waals surface area contributed by atoms with Gasteiger partial charge >= 0.3 is 11.8 Å². The van der Waals surface area contributed by atoms with E-state index < -0.39 is 11.8 Å². The largest absolute Gasteiger partial charge is 0.329 e. The van der Waals surface area contributed by atoms with Gasteiger partial charge in [-0.15, -0.1) is 0 Å². The molecule has 0 aliphatic heterocycles. The molecule has 5 nitrogen and oxygen atoms in total. The summed E-state index contributed by atoms with van der Waals surface area (Å²) in [6, 6.07) is 12.0. The highest BCUT2D eigenvalue weighted by atomic mass is 35.5. The van der Waals surface area contributed by atoms with Crippen molar-refractivity contribution in [1.29, 1.82) is 0 Å². The fourth-order valence-electron chi connectivity index (χ4n) is 1.70. The number of carbonyl (C=O) groups excluding carboxylic acids is 2. The normalized spacial score (nSPS) is 11.0. The fraction of sp³-hybridized carbons (Fsp3) is 0.0625. The predicted molar refractivity (Wildman–Crippen MR) is 86.8 cm³/mol. The highest BCUT2D eigenvalue weighted by molar-refractivity contribution is 6.39. The van der Waals surface area contributed by atoms with Gasteiger partial charge in [0.1, 0.15) is 5.82 Å². The molecule has 0 spiro atoms. The number of nitrogens with zero attached hydrogens (tertiary/aromatic N) is 1. The molecule has 2 aromatic rings. The number of benzene rings is 2. The number of hydrogen-bond acceptors (Lipinski definition) is 3. The minimum atomic E-state index is -0.925. The predicted octanol–water partition coefficient (Wildman–Crippen LogP) is 2.96. The number of carbonyl (C=O) groups is 2. The van der Waals surface area contributed by atoms with Crippen LogP contribution in [0.25, 0.3) is 0 Å². The molecular weight excluding hydrogens is 321 g/mol. The monoisotopic (exact) mass is 333 g/mol. The first-order valence-electron chi connectivity index (χ1n) is 6.63. The number of anilines is 1. The van der Waals surface area contributed by atoms with Crippen LogP contribution in [0.4, 0.5) is 10.1 Å². The molecule has 7 heteroatoms. The molecular formula is C16H13ClFN3O2. The van der Waals surface area contributed by atoms with Gasteiger partial charge in [0.2, 0.25) is 0 Å². The Balaban J connectivity index is 1.96. The topological polar surface area (TPSA) is 70.6 Å². The zero-order valence-electron chi connectivity index (χ0n) is 12.1. The smallest absolute Gasteiger partial charge is 0.318 e. The Kier molecular flexibility index (Phi) is 5.43. The van der Waals surface area contributed by atoms with Crippen molar-refractivity contribution in [2.75, 3.05) is 5.32 Å². The molecule has 0 bridgehead atoms. The van der Waals surface area contributed by atoms with Crippen molar-refractivity contribution in [3.8, 4) is 0 Å². The molecule has 0 atom stereocenters. The van der Waals surface area contributed by atoms with E-state index >= 15 is 0 Å². The first-order valence-corrected chi connectivity index (χ1v) is 7.00. The fourth-order valence-corrected chi connectivity index (χ4v) is 1.89. The van der Waals surface area contributed by atoms with Gasteiger partial charge in [0.25, 0.3) is 0 Å². The Labute approximate surface area is 137 Å². The molecule has 118 valence electrons. The maximum atomic E-state index is 12.8. The number of halogens is 2. The lowest BCUT2D eigenvalue weighted by Crippen LogP contribution is -2.32. The third-order valence-electron chi connectivity index (χ3n) is 2.88. The van der Waals surface area contributed by atoms with E-state index in [1.807, 2.05) is 0 Å². The van der Waals surface area contributed by atoms with Crippen molar-refractivity contribution >= 4 is 34.8 Å². The van der Waals surface area contributed by atoms with Gasteiger partial charge in [-0.3, -0.25) is 9.59 Å². The van der Waals surface area contributed by atoms with E-state index in [-0.39, 0.29) is 5.82 Å². The van der Waals surface area contributed by atoms with Crippen molar-refractivity contribution in [3.63, 3.8) is 0 Å². The van der Waals surface area contributed by atoms with Crippen molar-refractivity contribution in [3.05, 3.63) is 64.9 Å². The zero-order valence-corrected chi connectivity index (χ0v) is 12.9. The Morgan fingerprint density at radius 3 is 2.43 bits per heavy atom. The lowest BCUT2D eigenvalue weighted by molar-refractivity contribution is -0.136. The summed E-state index contributed by atoms with van der Waals surface area (Å²) in [5, 5.41) is 6.65. The van der Waals surface area contributed by atoms with Crippen molar-refractivity contribution in [2.45, 2.75) is 6.92 Å². The Morgan fingerprint density at radius 1 is 1.09 bits per heavy atom. The molecule has 2 aromatic carbocycles. The van der Waals surface area contributed by atoms with E-state index in [0.717, 1.165) is 0 Å². The maximum absolute atomic E-state index is 12.8. The molecule has 0 heterocycles. The van der Waals surface area contributed by atoms with Crippen LogP contribution in [-0.4, -0.2) is 17.5 Å². The second-order valence-corrected chi connectivity index (χ2v) is 5.05. The van der Waals surface area contributed by atoms with Gasteiger partial charge in [0.05, 0.1) is 5.71 Å². The van der Waals surface area contributed by atoms with Gasteiger partial charge in [-0.2, -0.15) is 5.10 Å². The number of nitrogens with one attached hydrogen (secondary N) is 2. The molecule has 2 amide bonds. The minimum absolute atomic E-state index is 0.369. The summed E-state index contributed by atoms with van der Waals surface area (Å²) in [6.45, 7) is 1.63. The number of amides is 2. The molecule has 0 saturated heterocycles. The van der Waals surface area contributed by atoms with Gasteiger partial charge in [0.15, 0.2) is 0 Å². The van der Waals surface area contributed by atoms with Crippen LogP contribution >= 0.6 is 11.6 Å². The Morgan fingerprint density at radius 2 is 1.78 bits per heavy atom. The van der Waals surface area contributed by atoms with Crippen LogP contribution < -0.4 is 10.7 Å². The van der Waals surface area contributed by atoms with Crippen LogP contribution in [0.3, 0.4) is 0 Å². The number of hydrazone groups is 1. The summed E-state index contributed by atoms with van der Waals surface area (Å²) in [6.07, 6.45) is 0. The SMILES string of the molecule is C/C(=N\NC(=O)C(=O)Nc1cccc(Cl)c1)c1ccc(F)cc1. The van der Waals surface area contributed by atoms with E-state index in [1.165, 1.54) is 30.3 Å². The minimum Gasteiger partial charge on any atom is -0.318 e. The second-order valence-electron chi connectivity index (χ2n) is 4.61. The Hall–Kier alpha value is -2.73. The first kappa shape index (κ1) is 16.6. The van der Waals surface area contributed by atoms with Crippen LogP contribution in [0, 0.1) is 5.82 Å². The molecule has 2 N–H and O–H groups in total. The molecule has 0 saturated carbocycles. The van der Waals surface area contributed by atoms with E-state index in [9.17, 15) is 14.0 Å². The quantitative estimate of drug-likeness (QED) is 0.515. The summed E-state index contributed by atoms with van der Waals surface area (Å²) < 4.78 is 12.8. The highest BCUT2D eigenvalue weighted by Crippen LogP contribution is 2.14. The number of hydrogen-bond donors (Lipinski definition) is 2. The van der Waals surface area contributed by atoms with Crippen LogP contribution in [0.5, 0.6) is 0 Å². The van der Waals surface area contributed by atoms with Crippen LogP contribution in [0.2, 0.25) is 5.02 Å². The summed E-state index contributed by atoms with van der Waals surface area (Å²) in [5.74, 6) is -2.17. The number of rotatable bonds is 3. The molecule has 2 rings (SSSR count). The van der Waals surface area contributed by atoms with Crippen LogP contribution in [0.1, 0.15) is 12.5 Å². The summed E-state index contributed by atoms with van der Waals surface area (Å²) in [7, 11) is 0. The van der Waals surface area contributed by atoms with E-state index in [1.54, 1.807) is 25.1 Å². The third kappa shape index (κ3) is 4.89. The van der Waals surface area contributed by atoms with Gasteiger partial charge in [-0.05, 0) is 42.8 Å². The van der Waals surface area contributed by atoms with Crippen molar-refractivity contribution in [2.24, 2.45) is 5.10 Å². The summed E-state index contributed by atoms with van der Waals surface area (Å²) in [5.41, 5.74) is 3.61. The Bertz CT molecular complexity index is 760. The molecule has 0 aromatic heterocycles. The molecule has 23 heavy (non-hydrogen) atoms. The molecule has 0 fully saturated rings. The average molecular weight is 334 g/mol. The van der Waals surface area contributed by atoms with Crippen LogP contribution in [-0.2, 0) is 9.59 Å². The molecule has 0 radical (unpaired) electrons. The summed E-state index contributed by atoms with van der Waals surface area (Å²) in [4.78, 5) is 23.4. The van der Waals surface area contributed by atoms with E-state index in [0.29, 0.717) is 22.0 Å². The maximum Gasteiger partial charge on any atom is 0.329 e. The van der Waals surface area contributed by atoms with Gasteiger partial charge in [0, 0.05) is 10.7 Å². The molecule has 0 aliphatic rings. The lowest BCUT2D eigenvalue weighted by Gasteiger charge is -2.05.